The van der Waals surface area contributed by atoms with E-state index in [1.165, 1.54) is 9.58 Å². The second-order valence-electron chi connectivity index (χ2n) is 7.25. The van der Waals surface area contributed by atoms with Crippen molar-refractivity contribution in [2.24, 2.45) is 0 Å². The fourth-order valence-electron chi connectivity index (χ4n) is 3.82. The Labute approximate surface area is 183 Å². The fourth-order valence-corrected chi connectivity index (χ4v) is 6.43. The van der Waals surface area contributed by atoms with Gasteiger partial charge >= 0.3 is 0 Å². The summed E-state index contributed by atoms with van der Waals surface area (Å²) in [5, 5.41) is 12.0. The van der Waals surface area contributed by atoms with Crippen molar-refractivity contribution in [2.45, 2.75) is 36.4 Å². The molecule has 0 aliphatic carbocycles. The van der Waals surface area contributed by atoms with E-state index >= 15 is 0 Å². The molecule has 1 unspecified atom stereocenters. The number of thioether (sulfide) groups is 1. The largest absolute Gasteiger partial charge is 0.378 e. The van der Waals surface area contributed by atoms with Gasteiger partial charge in [0.1, 0.15) is 0 Å². The SMILES string of the molecule is Clc1c(CSc2nnc(N3CCOCC3)n2CC2CCCO2)sc2ccccc12. The number of halogens is 1. The number of hydrogen-bond donors (Lipinski definition) is 0. The number of anilines is 1. The van der Waals surface area contributed by atoms with E-state index in [2.05, 4.69) is 37.9 Å². The Bertz CT molecular complexity index is 980. The summed E-state index contributed by atoms with van der Waals surface area (Å²) in [6, 6.07) is 8.29. The second-order valence-corrected chi connectivity index (χ2v) is 9.71. The first-order valence-electron chi connectivity index (χ1n) is 9.96. The number of hydrogen-bond acceptors (Lipinski definition) is 7. The Hall–Kier alpha value is -1.32. The maximum atomic E-state index is 6.64. The van der Waals surface area contributed by atoms with Crippen molar-refractivity contribution in [3.8, 4) is 0 Å². The maximum absolute atomic E-state index is 6.64. The minimum atomic E-state index is 0.234. The lowest BCUT2D eigenvalue weighted by molar-refractivity contribution is 0.0942. The van der Waals surface area contributed by atoms with Crippen LogP contribution in [0.4, 0.5) is 5.95 Å². The summed E-state index contributed by atoms with van der Waals surface area (Å²) in [6.45, 7) is 4.79. The molecule has 4 heterocycles. The van der Waals surface area contributed by atoms with E-state index in [1.807, 2.05) is 6.07 Å². The molecule has 1 aromatic carbocycles. The highest BCUT2D eigenvalue weighted by atomic mass is 35.5. The number of ether oxygens (including phenoxy) is 2. The normalized spacial score (nSPS) is 20.0. The van der Waals surface area contributed by atoms with Gasteiger partial charge in [0.15, 0.2) is 5.16 Å². The summed E-state index contributed by atoms with van der Waals surface area (Å²) in [4.78, 5) is 3.44. The molecule has 0 bridgehead atoms. The smallest absolute Gasteiger partial charge is 0.228 e. The van der Waals surface area contributed by atoms with E-state index in [9.17, 15) is 0 Å². The van der Waals surface area contributed by atoms with Crippen LogP contribution in [0.5, 0.6) is 0 Å². The first-order chi connectivity index (χ1) is 14.3. The van der Waals surface area contributed by atoms with Gasteiger partial charge in [-0.15, -0.1) is 21.5 Å². The molecule has 2 fully saturated rings. The average Bonchev–Trinajstić information content (AvgIpc) is 3.48. The predicted octanol–water partition coefficient (Wildman–Crippen LogP) is 4.45. The molecular formula is C20H23ClN4O2S2. The predicted molar refractivity (Wildman–Crippen MR) is 118 cm³/mol. The molecule has 0 spiro atoms. The zero-order chi connectivity index (χ0) is 19.6. The van der Waals surface area contributed by atoms with Gasteiger partial charge in [0.25, 0.3) is 0 Å². The minimum Gasteiger partial charge on any atom is -0.378 e. The van der Waals surface area contributed by atoms with Crippen LogP contribution in [-0.2, 0) is 21.8 Å². The van der Waals surface area contributed by atoms with Crippen molar-refractivity contribution >= 4 is 50.7 Å². The lowest BCUT2D eigenvalue weighted by atomic mass is 10.2. The quantitative estimate of drug-likeness (QED) is 0.517. The zero-order valence-corrected chi connectivity index (χ0v) is 18.4. The minimum absolute atomic E-state index is 0.234. The van der Waals surface area contributed by atoms with Crippen LogP contribution in [0.15, 0.2) is 29.4 Å². The third kappa shape index (κ3) is 4.14. The van der Waals surface area contributed by atoms with Crippen LogP contribution in [0.2, 0.25) is 5.02 Å². The summed E-state index contributed by atoms with van der Waals surface area (Å²) >= 11 is 10.1. The molecule has 2 aliphatic rings. The number of fused-ring (bicyclic) bond motifs is 1. The molecular weight excluding hydrogens is 428 g/mol. The number of benzene rings is 1. The molecule has 29 heavy (non-hydrogen) atoms. The Morgan fingerprint density at radius 3 is 2.83 bits per heavy atom. The van der Waals surface area contributed by atoms with E-state index in [1.54, 1.807) is 23.1 Å². The van der Waals surface area contributed by atoms with E-state index in [4.69, 9.17) is 21.1 Å². The number of thiophene rings is 1. The van der Waals surface area contributed by atoms with Gasteiger partial charge in [0.2, 0.25) is 5.95 Å². The number of aromatic nitrogens is 3. The third-order valence-electron chi connectivity index (χ3n) is 5.34. The molecule has 2 aromatic heterocycles. The average molecular weight is 451 g/mol. The molecule has 154 valence electrons. The Kier molecular flexibility index (Phi) is 5.97. The van der Waals surface area contributed by atoms with Crippen LogP contribution in [-0.4, -0.2) is 53.8 Å². The van der Waals surface area contributed by atoms with Gasteiger partial charge in [-0.2, -0.15) is 0 Å². The molecule has 2 saturated heterocycles. The fraction of sp³-hybridized carbons (Fsp3) is 0.500. The van der Waals surface area contributed by atoms with Crippen LogP contribution in [0.3, 0.4) is 0 Å². The van der Waals surface area contributed by atoms with Crippen LogP contribution < -0.4 is 4.90 Å². The molecule has 0 amide bonds. The van der Waals surface area contributed by atoms with Crippen molar-refractivity contribution in [3.05, 3.63) is 34.2 Å². The van der Waals surface area contributed by atoms with Gasteiger partial charge < -0.3 is 14.4 Å². The van der Waals surface area contributed by atoms with Gasteiger partial charge in [0.05, 0.1) is 30.9 Å². The number of nitrogens with zero attached hydrogens (tertiary/aromatic N) is 4. The monoisotopic (exact) mass is 450 g/mol. The lowest BCUT2D eigenvalue weighted by Gasteiger charge is -2.28. The Balaban J connectivity index is 1.39. The van der Waals surface area contributed by atoms with Crippen molar-refractivity contribution < 1.29 is 9.47 Å². The van der Waals surface area contributed by atoms with Crippen LogP contribution in [0.25, 0.3) is 10.1 Å². The standard InChI is InChI=1S/C20H23ClN4O2S2/c21-18-15-5-1-2-6-16(15)29-17(18)13-28-20-23-22-19(24-7-10-26-11-8-24)25(20)12-14-4-3-9-27-14/h1-2,5-6,14H,3-4,7-13H2. The molecule has 0 saturated carbocycles. The number of rotatable bonds is 6. The molecule has 0 N–H and O–H groups in total. The first-order valence-corrected chi connectivity index (χ1v) is 12.1. The summed E-state index contributed by atoms with van der Waals surface area (Å²) < 4.78 is 14.9. The van der Waals surface area contributed by atoms with Crippen molar-refractivity contribution in [2.75, 3.05) is 37.8 Å². The molecule has 5 rings (SSSR count). The van der Waals surface area contributed by atoms with E-state index in [0.29, 0.717) is 0 Å². The number of morpholine rings is 1. The summed E-state index contributed by atoms with van der Waals surface area (Å²) in [5.41, 5.74) is 0. The van der Waals surface area contributed by atoms with Gasteiger partial charge in [-0.05, 0) is 18.9 Å². The Morgan fingerprint density at radius 1 is 1.17 bits per heavy atom. The molecule has 0 radical (unpaired) electrons. The zero-order valence-electron chi connectivity index (χ0n) is 16.1. The summed E-state index contributed by atoms with van der Waals surface area (Å²) in [5.74, 6) is 1.71. The third-order valence-corrected chi connectivity index (χ3v) is 8.23. The summed E-state index contributed by atoms with van der Waals surface area (Å²) in [7, 11) is 0. The van der Waals surface area contributed by atoms with Crippen LogP contribution in [0, 0.1) is 0 Å². The van der Waals surface area contributed by atoms with E-state index in [0.717, 1.165) is 79.6 Å². The van der Waals surface area contributed by atoms with Gasteiger partial charge in [-0.25, -0.2) is 0 Å². The van der Waals surface area contributed by atoms with Crippen molar-refractivity contribution in [1.29, 1.82) is 0 Å². The van der Waals surface area contributed by atoms with Crippen molar-refractivity contribution in [1.82, 2.24) is 14.8 Å². The van der Waals surface area contributed by atoms with Crippen LogP contribution in [0.1, 0.15) is 17.7 Å². The maximum Gasteiger partial charge on any atom is 0.228 e. The molecule has 6 nitrogen and oxygen atoms in total. The van der Waals surface area contributed by atoms with E-state index < -0.39 is 0 Å². The summed E-state index contributed by atoms with van der Waals surface area (Å²) in [6.07, 6.45) is 2.45. The molecule has 3 aromatic rings. The van der Waals surface area contributed by atoms with Gasteiger partial charge in [-0.3, -0.25) is 4.57 Å². The topological polar surface area (TPSA) is 52.4 Å². The highest BCUT2D eigenvalue weighted by Crippen LogP contribution is 2.38. The molecule has 1 atom stereocenters. The first kappa shape index (κ1) is 19.6. The molecule has 2 aliphatic heterocycles. The second kappa shape index (κ2) is 8.81. The van der Waals surface area contributed by atoms with Crippen LogP contribution >= 0.6 is 34.7 Å². The van der Waals surface area contributed by atoms with Gasteiger partial charge in [0, 0.05) is 40.4 Å². The van der Waals surface area contributed by atoms with Crippen molar-refractivity contribution in [3.63, 3.8) is 0 Å². The lowest BCUT2D eigenvalue weighted by Crippen LogP contribution is -2.38. The van der Waals surface area contributed by atoms with E-state index in [-0.39, 0.29) is 6.10 Å². The highest BCUT2D eigenvalue weighted by molar-refractivity contribution is 7.98. The highest BCUT2D eigenvalue weighted by Gasteiger charge is 2.25. The van der Waals surface area contributed by atoms with Gasteiger partial charge in [-0.1, -0.05) is 41.6 Å². The Morgan fingerprint density at radius 2 is 2.03 bits per heavy atom. The molecule has 9 heteroatoms.